The summed E-state index contributed by atoms with van der Waals surface area (Å²) in [6.45, 7) is 0.331. The second-order valence-corrected chi connectivity index (χ2v) is 4.06. The third-order valence-electron chi connectivity index (χ3n) is 2.26. The summed E-state index contributed by atoms with van der Waals surface area (Å²) in [4.78, 5) is 0. The maximum absolute atomic E-state index is 9.31. The monoisotopic (exact) mass is 249 g/mol. The van der Waals surface area contributed by atoms with Gasteiger partial charge in [0.25, 0.3) is 0 Å². The minimum Gasteiger partial charge on any atom is -0.508 e. The minimum absolute atomic E-state index is 0.213. The van der Waals surface area contributed by atoms with Gasteiger partial charge in [-0.1, -0.05) is 23.7 Å². The van der Waals surface area contributed by atoms with Crippen molar-refractivity contribution in [1.82, 2.24) is 0 Å². The van der Waals surface area contributed by atoms with Crippen molar-refractivity contribution in [2.45, 2.75) is 6.61 Å². The fraction of sp³-hybridized carbons (Fsp3) is 0.0769. The smallest absolute Gasteiger partial charge is 0.140 e. The zero-order chi connectivity index (χ0) is 12.3. The number of nitrogen functional groups attached to an aromatic ring is 1. The van der Waals surface area contributed by atoms with Crippen LogP contribution in [-0.4, -0.2) is 5.11 Å². The van der Waals surface area contributed by atoms with Gasteiger partial charge in [-0.3, -0.25) is 0 Å². The Morgan fingerprint density at radius 1 is 1.18 bits per heavy atom. The number of phenolic OH excluding ortho intramolecular Hbond substituents is 1. The first kappa shape index (κ1) is 11.6. The predicted molar refractivity (Wildman–Crippen MR) is 68.3 cm³/mol. The second-order valence-electron chi connectivity index (χ2n) is 3.65. The summed E-state index contributed by atoms with van der Waals surface area (Å²) in [6, 6.07) is 11.9. The Bertz CT molecular complexity index is 529. The predicted octanol–water partition coefficient (Wildman–Crippen LogP) is 3.21. The average molecular weight is 250 g/mol. The van der Waals surface area contributed by atoms with Crippen LogP contribution in [-0.2, 0) is 6.61 Å². The maximum atomic E-state index is 9.31. The van der Waals surface area contributed by atoms with Gasteiger partial charge in [0.15, 0.2) is 0 Å². The third-order valence-corrected chi connectivity index (χ3v) is 2.57. The van der Waals surface area contributed by atoms with Gasteiger partial charge in [0.05, 0.1) is 5.02 Å². The lowest BCUT2D eigenvalue weighted by Gasteiger charge is -2.09. The Labute approximate surface area is 104 Å². The van der Waals surface area contributed by atoms with E-state index in [0.717, 1.165) is 5.56 Å². The summed E-state index contributed by atoms with van der Waals surface area (Å²) in [5.74, 6) is 0.750. The molecule has 0 aromatic heterocycles. The van der Waals surface area contributed by atoms with E-state index in [1.54, 1.807) is 36.4 Å². The topological polar surface area (TPSA) is 55.5 Å². The van der Waals surface area contributed by atoms with Crippen molar-refractivity contribution in [3.63, 3.8) is 0 Å². The quantitative estimate of drug-likeness (QED) is 0.822. The number of hydrogen-bond acceptors (Lipinski definition) is 3. The van der Waals surface area contributed by atoms with Gasteiger partial charge >= 0.3 is 0 Å². The van der Waals surface area contributed by atoms with Gasteiger partial charge in [0, 0.05) is 11.8 Å². The number of halogens is 1. The molecule has 2 aromatic rings. The summed E-state index contributed by atoms with van der Waals surface area (Å²) in [5, 5.41) is 9.82. The Morgan fingerprint density at radius 2 is 2.00 bits per heavy atom. The molecule has 3 nitrogen and oxygen atoms in total. The van der Waals surface area contributed by atoms with Gasteiger partial charge in [0.2, 0.25) is 0 Å². The van der Waals surface area contributed by atoms with Crippen molar-refractivity contribution >= 4 is 17.3 Å². The van der Waals surface area contributed by atoms with E-state index >= 15 is 0 Å². The highest BCUT2D eigenvalue weighted by molar-refractivity contribution is 6.32. The van der Waals surface area contributed by atoms with E-state index in [9.17, 15) is 5.11 Å². The van der Waals surface area contributed by atoms with Crippen LogP contribution < -0.4 is 10.5 Å². The highest BCUT2D eigenvalue weighted by atomic mass is 35.5. The third kappa shape index (κ3) is 3.04. The fourth-order valence-electron chi connectivity index (χ4n) is 1.44. The van der Waals surface area contributed by atoms with E-state index in [1.807, 2.05) is 6.07 Å². The van der Waals surface area contributed by atoms with Crippen molar-refractivity contribution in [3.05, 3.63) is 53.1 Å². The van der Waals surface area contributed by atoms with E-state index in [1.165, 1.54) is 0 Å². The lowest BCUT2D eigenvalue weighted by molar-refractivity contribution is 0.306. The normalized spacial score (nSPS) is 10.2. The molecule has 0 aliphatic rings. The van der Waals surface area contributed by atoms with Crippen molar-refractivity contribution in [3.8, 4) is 11.5 Å². The molecule has 0 bridgehead atoms. The Morgan fingerprint density at radius 3 is 2.76 bits per heavy atom. The number of nitrogens with two attached hydrogens (primary N) is 1. The van der Waals surface area contributed by atoms with Crippen molar-refractivity contribution < 1.29 is 9.84 Å². The molecule has 2 aromatic carbocycles. The fourth-order valence-corrected chi connectivity index (χ4v) is 1.61. The van der Waals surface area contributed by atoms with Crippen LogP contribution in [0.2, 0.25) is 5.02 Å². The van der Waals surface area contributed by atoms with Crippen LogP contribution in [0.25, 0.3) is 0 Å². The molecule has 2 rings (SSSR count). The van der Waals surface area contributed by atoms with Gasteiger partial charge in [-0.25, -0.2) is 0 Å². The lowest BCUT2D eigenvalue weighted by atomic mass is 10.2. The Balaban J connectivity index is 2.09. The average Bonchev–Trinajstić information content (AvgIpc) is 2.30. The van der Waals surface area contributed by atoms with E-state index in [0.29, 0.717) is 23.1 Å². The molecule has 4 heteroatoms. The van der Waals surface area contributed by atoms with Gasteiger partial charge in [-0.2, -0.15) is 0 Å². The molecule has 0 saturated carbocycles. The zero-order valence-corrected chi connectivity index (χ0v) is 9.82. The van der Waals surface area contributed by atoms with Crippen LogP contribution in [0.5, 0.6) is 11.5 Å². The number of hydrogen-bond donors (Lipinski definition) is 2. The maximum Gasteiger partial charge on any atom is 0.140 e. The molecule has 88 valence electrons. The molecule has 3 N–H and O–H groups in total. The standard InChI is InChI=1S/C13H12ClNO2/c14-12-5-4-10(15)7-13(12)17-8-9-2-1-3-11(16)6-9/h1-7,16H,8,15H2. The first-order chi connectivity index (χ1) is 8.15. The van der Waals surface area contributed by atoms with Gasteiger partial charge in [-0.05, 0) is 29.8 Å². The first-order valence-corrected chi connectivity index (χ1v) is 5.48. The van der Waals surface area contributed by atoms with Crippen LogP contribution in [0.4, 0.5) is 5.69 Å². The number of phenols is 1. The molecule has 0 fully saturated rings. The second kappa shape index (κ2) is 4.97. The minimum atomic E-state index is 0.213. The molecular weight excluding hydrogens is 238 g/mol. The van der Waals surface area contributed by atoms with Crippen molar-refractivity contribution in [2.75, 3.05) is 5.73 Å². The van der Waals surface area contributed by atoms with Gasteiger partial charge in [-0.15, -0.1) is 0 Å². The summed E-state index contributed by atoms with van der Waals surface area (Å²) in [5.41, 5.74) is 7.10. The molecule has 0 unspecified atom stereocenters. The Kier molecular flexibility index (Phi) is 3.40. The molecule has 0 amide bonds. The SMILES string of the molecule is Nc1ccc(Cl)c(OCc2cccc(O)c2)c1. The number of aromatic hydroxyl groups is 1. The van der Waals surface area contributed by atoms with Crippen LogP contribution in [0, 0.1) is 0 Å². The first-order valence-electron chi connectivity index (χ1n) is 5.11. The molecule has 0 saturated heterocycles. The largest absolute Gasteiger partial charge is 0.508 e. The molecule has 0 heterocycles. The molecule has 0 radical (unpaired) electrons. The zero-order valence-electron chi connectivity index (χ0n) is 9.06. The lowest BCUT2D eigenvalue weighted by Crippen LogP contribution is -1.96. The van der Waals surface area contributed by atoms with Crippen LogP contribution in [0.15, 0.2) is 42.5 Å². The van der Waals surface area contributed by atoms with E-state index in [2.05, 4.69) is 0 Å². The van der Waals surface area contributed by atoms with Crippen LogP contribution >= 0.6 is 11.6 Å². The number of anilines is 1. The highest BCUT2D eigenvalue weighted by Crippen LogP contribution is 2.27. The Hall–Kier alpha value is -1.87. The number of benzene rings is 2. The van der Waals surface area contributed by atoms with Crippen LogP contribution in [0.3, 0.4) is 0 Å². The summed E-state index contributed by atoms with van der Waals surface area (Å²) in [6.07, 6.45) is 0. The van der Waals surface area contributed by atoms with Crippen LogP contribution in [0.1, 0.15) is 5.56 Å². The molecule has 0 spiro atoms. The summed E-state index contributed by atoms with van der Waals surface area (Å²) < 4.78 is 5.54. The number of rotatable bonds is 3. The summed E-state index contributed by atoms with van der Waals surface area (Å²) >= 11 is 5.96. The van der Waals surface area contributed by atoms with Crippen molar-refractivity contribution in [1.29, 1.82) is 0 Å². The molecule has 17 heavy (non-hydrogen) atoms. The molecular formula is C13H12ClNO2. The molecule has 0 aliphatic heterocycles. The van der Waals surface area contributed by atoms with Crippen molar-refractivity contribution in [2.24, 2.45) is 0 Å². The molecule has 0 aliphatic carbocycles. The van der Waals surface area contributed by atoms with E-state index < -0.39 is 0 Å². The van der Waals surface area contributed by atoms with E-state index in [-0.39, 0.29) is 5.75 Å². The summed E-state index contributed by atoms with van der Waals surface area (Å²) in [7, 11) is 0. The van der Waals surface area contributed by atoms with Gasteiger partial charge < -0.3 is 15.6 Å². The highest BCUT2D eigenvalue weighted by Gasteiger charge is 2.03. The molecule has 0 atom stereocenters. The number of ether oxygens (including phenoxy) is 1. The van der Waals surface area contributed by atoms with E-state index in [4.69, 9.17) is 22.1 Å². The van der Waals surface area contributed by atoms with Gasteiger partial charge in [0.1, 0.15) is 18.1 Å².